The van der Waals surface area contributed by atoms with Gasteiger partial charge < -0.3 is 0 Å². The van der Waals surface area contributed by atoms with Crippen molar-refractivity contribution in [2.45, 2.75) is 0 Å². The van der Waals surface area contributed by atoms with Crippen LogP contribution in [-0.2, 0) is 21.1 Å². The third-order valence-electron chi connectivity index (χ3n) is 2.51. The summed E-state index contributed by atoms with van der Waals surface area (Å²) in [7, 11) is 4.91. The van der Waals surface area contributed by atoms with Gasteiger partial charge >= 0.3 is 101 Å². The maximum absolute atomic E-state index is 11.8. The predicted molar refractivity (Wildman–Crippen MR) is 58.0 cm³/mol. The molecular weight excluding hydrogens is 391 g/mol. The van der Waals surface area contributed by atoms with E-state index in [0.717, 1.165) is 7.95 Å². The van der Waals surface area contributed by atoms with Crippen LogP contribution in [0.3, 0.4) is 0 Å². The summed E-state index contributed by atoms with van der Waals surface area (Å²) in [6, 6.07) is 0. The Morgan fingerprint density at radius 1 is 1.07 bits per heavy atom. The first kappa shape index (κ1) is 10.6. The molecule has 2 rings (SSSR count). The topological polar surface area (TPSA) is 61.8 Å². The minimum atomic E-state index is -0.337. The van der Waals surface area contributed by atoms with Crippen molar-refractivity contribution in [1.82, 2.24) is 18.7 Å². The van der Waals surface area contributed by atoms with Gasteiger partial charge in [-0.15, -0.1) is 0 Å². The summed E-state index contributed by atoms with van der Waals surface area (Å²) in [5, 5.41) is 0. The molecule has 0 spiro atoms. The van der Waals surface area contributed by atoms with Crippen LogP contribution in [0, 0.1) is 0 Å². The Balaban J connectivity index is 3.23. The molecule has 0 unspecified atom stereocenters. The van der Waals surface area contributed by atoms with Gasteiger partial charge in [-0.3, -0.25) is 0 Å². The molecule has 78 valence electrons. The average molecular weight is 401 g/mol. The van der Waals surface area contributed by atoms with Crippen LogP contribution in [0.5, 0.6) is 0 Å². The second-order valence-electron chi connectivity index (χ2n) is 3.41. The monoisotopic (exact) mass is 402 g/mol. The molecule has 0 aliphatic heterocycles. The average Bonchev–Trinajstić information content (AvgIpc) is 2.50. The summed E-state index contributed by atoms with van der Waals surface area (Å²) in [6.07, 6.45) is 0. The summed E-state index contributed by atoms with van der Waals surface area (Å²) in [5.41, 5.74) is 0.353. The van der Waals surface area contributed by atoms with Crippen molar-refractivity contribution in [3.8, 4) is 0 Å². The Morgan fingerprint density at radius 3 is 2.27 bits per heavy atom. The van der Waals surface area contributed by atoms with Crippen molar-refractivity contribution in [1.29, 1.82) is 0 Å². The third-order valence-corrected chi connectivity index (χ3v) is 4.52. The number of hydrogen-bond donors (Lipinski definition) is 0. The van der Waals surface area contributed by atoms with Crippen LogP contribution < -0.4 is 14.6 Å². The van der Waals surface area contributed by atoms with E-state index in [2.05, 4.69) is 4.98 Å². The van der Waals surface area contributed by atoms with E-state index >= 15 is 0 Å². The van der Waals surface area contributed by atoms with E-state index in [-0.39, 0.29) is 11.2 Å². The van der Waals surface area contributed by atoms with Crippen molar-refractivity contribution < 1.29 is 0 Å². The van der Waals surface area contributed by atoms with Crippen LogP contribution in [0.25, 0.3) is 11.2 Å². The Hall–Kier alpha value is -0.928. The molecule has 15 heavy (non-hydrogen) atoms. The standard InChI is InChI=1S/C8H9N4O2.Pb.H/c1-10-4-9-6-5(10)7(13)12(3)8(14)11(6)2;;/h1-3H3;;. The van der Waals surface area contributed by atoms with Crippen molar-refractivity contribution in [3.05, 3.63) is 20.8 Å². The first-order chi connectivity index (χ1) is 6.95. The van der Waals surface area contributed by atoms with Crippen molar-refractivity contribution in [3.63, 3.8) is 0 Å². The number of rotatable bonds is 0. The number of hydrogen-bond acceptors (Lipinski definition) is 3. The van der Waals surface area contributed by atoms with Crippen LogP contribution >= 0.6 is 0 Å². The van der Waals surface area contributed by atoms with Gasteiger partial charge in [0, 0.05) is 0 Å². The van der Waals surface area contributed by atoms with Gasteiger partial charge in [-0.2, -0.15) is 0 Å². The Bertz CT molecular complexity index is 664. The molecule has 0 saturated carbocycles. The molecule has 0 fully saturated rings. The summed E-state index contributed by atoms with van der Waals surface area (Å²) in [4.78, 5) is 27.7. The molecule has 2 aromatic rings. The van der Waals surface area contributed by atoms with Gasteiger partial charge in [-0.05, 0) is 0 Å². The Morgan fingerprint density at radius 2 is 1.67 bits per heavy atom. The van der Waals surface area contributed by atoms with Crippen LogP contribution in [-0.4, -0.2) is 44.5 Å². The summed E-state index contributed by atoms with van der Waals surface area (Å²) < 4.78 is 5.15. The summed E-state index contributed by atoms with van der Waals surface area (Å²) in [6.45, 7) is 0. The normalized spacial score (nSPS) is 11.2. The molecular formula is C8H10N4O2Pb. The summed E-state index contributed by atoms with van der Waals surface area (Å²) >= 11 is 0.534. The molecule has 0 atom stereocenters. The quantitative estimate of drug-likeness (QED) is 0.459. The number of nitrogens with zero attached hydrogens (tertiary/aromatic N) is 4. The van der Waals surface area contributed by atoms with Gasteiger partial charge in [0.25, 0.3) is 0 Å². The van der Waals surface area contributed by atoms with Crippen molar-refractivity contribution in [2.24, 2.45) is 21.1 Å². The summed E-state index contributed by atoms with van der Waals surface area (Å²) in [5.74, 6) is 0. The van der Waals surface area contributed by atoms with E-state index in [1.807, 2.05) is 0 Å². The fourth-order valence-electron chi connectivity index (χ4n) is 1.54. The van der Waals surface area contributed by atoms with Gasteiger partial charge in [0.1, 0.15) is 0 Å². The van der Waals surface area contributed by atoms with Gasteiger partial charge in [-0.1, -0.05) is 0 Å². The molecule has 0 aromatic carbocycles. The molecule has 0 aliphatic carbocycles. The Kier molecular flexibility index (Phi) is 2.32. The molecule has 0 bridgehead atoms. The van der Waals surface area contributed by atoms with E-state index in [1.54, 1.807) is 18.7 Å². The van der Waals surface area contributed by atoms with Gasteiger partial charge in [0.2, 0.25) is 0 Å². The SMILES string of the molecule is Cn1c(=O)c2c(n[c]([PbH])n2C)n(C)c1=O. The fraction of sp³-hybridized carbons (Fsp3) is 0.375. The molecule has 0 amide bonds. The first-order valence-electron chi connectivity index (χ1n) is 4.33. The van der Waals surface area contributed by atoms with Crippen LogP contribution in [0.1, 0.15) is 0 Å². The molecule has 0 saturated heterocycles. The van der Waals surface area contributed by atoms with Crippen molar-refractivity contribution in [2.75, 3.05) is 0 Å². The molecule has 2 aromatic heterocycles. The van der Waals surface area contributed by atoms with Crippen molar-refractivity contribution >= 4 is 40.3 Å². The van der Waals surface area contributed by atoms with Crippen LogP contribution in [0.15, 0.2) is 9.59 Å². The van der Waals surface area contributed by atoms with E-state index in [0.29, 0.717) is 36.9 Å². The fourth-order valence-corrected chi connectivity index (χ4v) is 2.51. The van der Waals surface area contributed by atoms with E-state index in [4.69, 9.17) is 0 Å². The molecule has 6 nitrogen and oxygen atoms in total. The van der Waals surface area contributed by atoms with E-state index in [1.165, 1.54) is 11.6 Å². The second kappa shape index (κ2) is 3.29. The first-order valence-corrected chi connectivity index (χ1v) is 6.57. The molecule has 2 heterocycles. The number of imidazole rings is 1. The van der Waals surface area contributed by atoms with E-state index < -0.39 is 0 Å². The molecule has 2 radical (unpaired) electrons. The zero-order valence-electron chi connectivity index (χ0n) is 8.68. The zero-order chi connectivity index (χ0) is 11.3. The maximum atomic E-state index is 11.8. The number of aryl methyl sites for hydroxylation is 2. The van der Waals surface area contributed by atoms with Gasteiger partial charge in [0.15, 0.2) is 0 Å². The van der Waals surface area contributed by atoms with Crippen LogP contribution in [0.4, 0.5) is 0 Å². The molecule has 0 aliphatic rings. The van der Waals surface area contributed by atoms with Gasteiger partial charge in [-0.25, -0.2) is 0 Å². The zero-order valence-corrected chi connectivity index (χ0v) is 13.2. The second-order valence-corrected chi connectivity index (χ2v) is 5.41. The Labute approximate surface area is 101 Å². The van der Waals surface area contributed by atoms with Crippen LogP contribution in [0.2, 0.25) is 0 Å². The van der Waals surface area contributed by atoms with Gasteiger partial charge in [0.05, 0.1) is 0 Å². The number of fused-ring (bicyclic) bond motifs is 1. The number of aromatic nitrogens is 4. The van der Waals surface area contributed by atoms with E-state index in [9.17, 15) is 9.59 Å². The minimum absolute atomic E-state index is 0.282. The molecule has 0 N–H and O–H groups in total. The molecule has 7 heteroatoms. The third kappa shape index (κ3) is 1.30. The predicted octanol–water partition coefficient (Wildman–Crippen LogP) is -2.50.